The molecule has 2 aromatic carbocycles. The smallest absolute Gasteiger partial charge is 0.214 e. The molecule has 0 saturated carbocycles. The van der Waals surface area contributed by atoms with E-state index in [0.717, 1.165) is 38.0 Å². The Balaban J connectivity index is 1.37. The zero-order valence-electron chi connectivity index (χ0n) is 13.4. The van der Waals surface area contributed by atoms with Crippen LogP contribution in [0.15, 0.2) is 59.3 Å². The van der Waals surface area contributed by atoms with E-state index in [1.807, 2.05) is 30.5 Å². The number of para-hydroxylation sites is 1. The first-order valence-electron chi connectivity index (χ1n) is 7.95. The molecular formula is C18H12FN5OS. The summed E-state index contributed by atoms with van der Waals surface area (Å²) in [6.45, 7) is 0.512. The van der Waals surface area contributed by atoms with Gasteiger partial charge in [-0.1, -0.05) is 28.6 Å². The van der Waals surface area contributed by atoms with Crippen LogP contribution in [0.4, 0.5) is 9.52 Å². The van der Waals surface area contributed by atoms with Gasteiger partial charge in [-0.15, -0.1) is 5.10 Å². The Morgan fingerprint density at radius 1 is 1.12 bits per heavy atom. The summed E-state index contributed by atoms with van der Waals surface area (Å²) in [4.78, 5) is 5.31. The quantitative estimate of drug-likeness (QED) is 0.513. The zero-order chi connectivity index (χ0) is 17.5. The van der Waals surface area contributed by atoms with Gasteiger partial charge in [-0.3, -0.25) is 0 Å². The molecule has 0 spiro atoms. The summed E-state index contributed by atoms with van der Waals surface area (Å²) in [6, 6.07) is 14.0. The molecule has 0 aliphatic rings. The van der Waals surface area contributed by atoms with Crippen LogP contribution in [-0.2, 0) is 6.54 Å². The first-order valence-corrected chi connectivity index (χ1v) is 8.77. The van der Waals surface area contributed by atoms with Crippen molar-refractivity contribution in [3.63, 3.8) is 0 Å². The molecule has 0 saturated heterocycles. The molecule has 0 unspecified atom stereocenters. The van der Waals surface area contributed by atoms with Crippen molar-refractivity contribution in [2.45, 2.75) is 6.54 Å². The number of nitrogens with one attached hydrogen (secondary N) is 1. The minimum absolute atomic E-state index is 0.264. The average Bonchev–Trinajstić information content (AvgIpc) is 3.33. The van der Waals surface area contributed by atoms with Crippen molar-refractivity contribution in [2.75, 3.05) is 5.32 Å². The highest BCUT2D eigenvalue weighted by Crippen LogP contribution is 2.25. The van der Waals surface area contributed by atoms with Gasteiger partial charge in [0.05, 0.1) is 18.4 Å². The highest BCUT2D eigenvalue weighted by Gasteiger charge is 2.11. The summed E-state index contributed by atoms with van der Waals surface area (Å²) in [5, 5.41) is 13.6. The Labute approximate surface area is 150 Å². The van der Waals surface area contributed by atoms with E-state index in [9.17, 15) is 4.39 Å². The minimum Gasteiger partial charge on any atom is -0.356 e. The highest BCUT2D eigenvalue weighted by molar-refractivity contribution is 7.20. The fourth-order valence-corrected chi connectivity index (χ4v) is 3.53. The fraction of sp³-hybridized carbons (Fsp3) is 0.0556. The van der Waals surface area contributed by atoms with Crippen LogP contribution >= 0.6 is 11.3 Å². The second-order valence-corrected chi connectivity index (χ2v) is 6.70. The molecule has 6 nitrogen and oxygen atoms in total. The maximum atomic E-state index is 13.0. The molecule has 0 aliphatic heterocycles. The van der Waals surface area contributed by atoms with Gasteiger partial charge < -0.3 is 9.84 Å². The topological polar surface area (TPSA) is 68.2 Å². The number of imidazole rings is 1. The summed E-state index contributed by atoms with van der Waals surface area (Å²) >= 11 is 1.44. The number of hydrogen-bond acceptors (Lipinski definition) is 6. The molecule has 3 heterocycles. The second-order valence-electron chi connectivity index (χ2n) is 5.75. The van der Waals surface area contributed by atoms with Crippen molar-refractivity contribution in [3.8, 4) is 11.3 Å². The molecule has 0 fully saturated rings. The molecule has 0 radical (unpaired) electrons. The molecule has 1 N–H and O–H groups in total. The average molecular weight is 365 g/mol. The standard InChI is InChI=1S/C18H12FN5OS/c19-12-7-5-11(6-8-12)15-10-24-18(21-15)26-17(22-24)20-9-14-13-3-1-2-4-16(13)25-23-14/h1-8,10H,9H2,(H,20,22). The van der Waals surface area contributed by atoms with E-state index in [4.69, 9.17) is 4.52 Å². The SMILES string of the molecule is Fc1ccc(-c2cn3nc(NCc4noc5ccccc45)sc3n2)cc1. The Morgan fingerprint density at radius 3 is 2.81 bits per heavy atom. The molecule has 3 aromatic heterocycles. The van der Waals surface area contributed by atoms with Gasteiger partial charge in [0.25, 0.3) is 0 Å². The zero-order valence-corrected chi connectivity index (χ0v) is 14.2. The Kier molecular flexibility index (Phi) is 3.42. The molecular weight excluding hydrogens is 353 g/mol. The van der Waals surface area contributed by atoms with Gasteiger partial charge in [0, 0.05) is 10.9 Å². The number of halogens is 1. The van der Waals surface area contributed by atoms with Crippen molar-refractivity contribution in [3.05, 3.63) is 66.2 Å². The van der Waals surface area contributed by atoms with Gasteiger partial charge in [0.15, 0.2) is 5.58 Å². The number of anilines is 1. The molecule has 5 aromatic rings. The molecule has 5 rings (SSSR count). The lowest BCUT2D eigenvalue weighted by molar-refractivity contribution is 0.447. The van der Waals surface area contributed by atoms with Gasteiger partial charge in [-0.25, -0.2) is 13.9 Å². The van der Waals surface area contributed by atoms with Crippen molar-refractivity contribution >= 4 is 32.4 Å². The van der Waals surface area contributed by atoms with E-state index in [1.54, 1.807) is 16.6 Å². The van der Waals surface area contributed by atoms with E-state index < -0.39 is 0 Å². The minimum atomic E-state index is -0.264. The van der Waals surface area contributed by atoms with Crippen LogP contribution in [0.5, 0.6) is 0 Å². The van der Waals surface area contributed by atoms with Crippen molar-refractivity contribution in [1.82, 2.24) is 19.8 Å². The van der Waals surface area contributed by atoms with E-state index in [2.05, 4.69) is 20.6 Å². The van der Waals surface area contributed by atoms with Crippen LogP contribution < -0.4 is 5.32 Å². The molecule has 26 heavy (non-hydrogen) atoms. The van der Waals surface area contributed by atoms with Crippen LogP contribution in [0.2, 0.25) is 0 Å². The van der Waals surface area contributed by atoms with Crippen LogP contribution in [0.25, 0.3) is 27.2 Å². The first kappa shape index (κ1) is 15.0. The maximum Gasteiger partial charge on any atom is 0.214 e. The van der Waals surface area contributed by atoms with E-state index >= 15 is 0 Å². The fourth-order valence-electron chi connectivity index (χ4n) is 2.76. The third-order valence-electron chi connectivity index (χ3n) is 4.04. The summed E-state index contributed by atoms with van der Waals surface area (Å²) in [5.41, 5.74) is 3.22. The van der Waals surface area contributed by atoms with Crippen molar-refractivity contribution in [1.29, 1.82) is 0 Å². The summed E-state index contributed by atoms with van der Waals surface area (Å²) in [6.07, 6.45) is 1.83. The monoisotopic (exact) mass is 365 g/mol. The molecule has 0 atom stereocenters. The lowest BCUT2D eigenvalue weighted by Crippen LogP contribution is -2.00. The summed E-state index contributed by atoms with van der Waals surface area (Å²) in [5.74, 6) is -0.264. The normalized spacial score (nSPS) is 11.4. The number of aromatic nitrogens is 4. The second kappa shape index (κ2) is 5.92. The van der Waals surface area contributed by atoms with Gasteiger partial charge in [-0.2, -0.15) is 0 Å². The number of nitrogens with zero attached hydrogens (tertiary/aromatic N) is 4. The number of fused-ring (bicyclic) bond motifs is 2. The maximum absolute atomic E-state index is 13.0. The summed E-state index contributed by atoms with van der Waals surface area (Å²) < 4.78 is 20.1. The predicted molar refractivity (Wildman–Crippen MR) is 97.6 cm³/mol. The van der Waals surface area contributed by atoms with E-state index in [1.165, 1.54) is 23.5 Å². The molecule has 128 valence electrons. The predicted octanol–water partition coefficient (Wildman–Crippen LogP) is 4.35. The number of hydrogen-bond donors (Lipinski definition) is 1. The van der Waals surface area contributed by atoms with Crippen molar-refractivity contribution in [2.24, 2.45) is 0 Å². The summed E-state index contributed by atoms with van der Waals surface area (Å²) in [7, 11) is 0. The Hall–Kier alpha value is -3.26. The molecule has 8 heteroatoms. The lowest BCUT2D eigenvalue weighted by Gasteiger charge is -1.98. The van der Waals surface area contributed by atoms with Crippen LogP contribution in [0.1, 0.15) is 5.69 Å². The largest absolute Gasteiger partial charge is 0.356 e. The Morgan fingerprint density at radius 2 is 1.96 bits per heavy atom. The number of rotatable bonds is 4. The third-order valence-corrected chi connectivity index (χ3v) is 4.92. The number of benzene rings is 2. The van der Waals surface area contributed by atoms with Gasteiger partial charge >= 0.3 is 0 Å². The Bertz CT molecular complexity index is 1180. The van der Waals surface area contributed by atoms with Gasteiger partial charge in [0.1, 0.15) is 11.5 Å². The third kappa shape index (κ3) is 2.60. The van der Waals surface area contributed by atoms with Crippen molar-refractivity contribution < 1.29 is 8.91 Å². The lowest BCUT2D eigenvalue weighted by atomic mass is 10.2. The van der Waals surface area contributed by atoms with Crippen LogP contribution in [-0.4, -0.2) is 19.8 Å². The van der Waals surface area contributed by atoms with Gasteiger partial charge in [-0.05, 0) is 36.4 Å². The van der Waals surface area contributed by atoms with E-state index in [0.29, 0.717) is 6.54 Å². The molecule has 0 amide bonds. The van der Waals surface area contributed by atoms with Gasteiger partial charge in [0.2, 0.25) is 10.1 Å². The molecule has 0 aliphatic carbocycles. The van der Waals surface area contributed by atoms with E-state index in [-0.39, 0.29) is 5.82 Å². The molecule has 0 bridgehead atoms. The van der Waals surface area contributed by atoms with Crippen LogP contribution in [0.3, 0.4) is 0 Å². The first-order chi connectivity index (χ1) is 12.8. The van der Waals surface area contributed by atoms with Crippen LogP contribution in [0, 0.1) is 5.82 Å². The highest BCUT2D eigenvalue weighted by atomic mass is 32.1.